The molecule has 1 rings (SSSR count). The average molecular weight is 295 g/mol. The van der Waals surface area contributed by atoms with Gasteiger partial charge in [0, 0.05) is 13.5 Å². The molecule has 6 heteroatoms. The summed E-state index contributed by atoms with van der Waals surface area (Å²) in [6, 6.07) is 3.24. The molecule has 0 unspecified atom stereocenters. The van der Waals surface area contributed by atoms with Gasteiger partial charge in [0.25, 0.3) is 0 Å². The van der Waals surface area contributed by atoms with Crippen molar-refractivity contribution < 1.29 is 14.0 Å². The molecule has 3 amide bonds. The Balaban J connectivity index is 2.72. The minimum atomic E-state index is -0.514. The summed E-state index contributed by atoms with van der Waals surface area (Å²) in [6.07, 6.45) is 0.827. The van der Waals surface area contributed by atoms with Crippen molar-refractivity contribution >= 4 is 11.9 Å². The highest BCUT2D eigenvalue weighted by Crippen LogP contribution is 2.33. The summed E-state index contributed by atoms with van der Waals surface area (Å²) in [7, 11) is 1.46. The number of aryl methyl sites for hydroxylation is 1. The summed E-state index contributed by atoms with van der Waals surface area (Å²) in [4.78, 5) is 22.8. The van der Waals surface area contributed by atoms with Gasteiger partial charge in [-0.15, -0.1) is 0 Å². The molecular weight excluding hydrogens is 270 g/mol. The molecule has 0 bridgehead atoms. The number of nitrogens with one attached hydrogen (secondary N) is 3. The fourth-order valence-electron chi connectivity index (χ4n) is 2.00. The highest BCUT2D eigenvalue weighted by Gasteiger charge is 2.29. The van der Waals surface area contributed by atoms with Gasteiger partial charge in [0.15, 0.2) is 0 Å². The maximum atomic E-state index is 11.7. The Morgan fingerprint density at radius 2 is 1.95 bits per heavy atom. The van der Waals surface area contributed by atoms with E-state index >= 15 is 0 Å². The number of hydrogen-bond donors (Lipinski definition) is 3. The van der Waals surface area contributed by atoms with E-state index in [0.717, 1.165) is 17.9 Å². The fourth-order valence-corrected chi connectivity index (χ4v) is 2.00. The third-order valence-corrected chi connectivity index (χ3v) is 3.13. The largest absolute Gasteiger partial charge is 0.464 e. The van der Waals surface area contributed by atoms with Crippen LogP contribution >= 0.6 is 0 Å². The molecule has 6 nitrogen and oxygen atoms in total. The summed E-state index contributed by atoms with van der Waals surface area (Å²) in [6.45, 7) is 8.26. The molecule has 0 aliphatic heterocycles. The summed E-state index contributed by atoms with van der Waals surface area (Å²) in [5.74, 6) is 1.33. The third kappa shape index (κ3) is 5.23. The first-order valence-electron chi connectivity index (χ1n) is 7.11. The Labute approximate surface area is 125 Å². The number of urea groups is 1. The number of imide groups is 1. The molecule has 0 saturated heterocycles. The maximum absolute atomic E-state index is 11.7. The maximum Gasteiger partial charge on any atom is 0.321 e. The molecule has 0 aromatic carbocycles. The van der Waals surface area contributed by atoms with Gasteiger partial charge in [-0.25, -0.2) is 4.79 Å². The van der Waals surface area contributed by atoms with Gasteiger partial charge in [-0.05, 0) is 17.5 Å². The lowest BCUT2D eigenvalue weighted by atomic mass is 9.85. The SMILES string of the molecule is CCc1ccc([C@@H](NCC(=O)NC(=O)NC)C(C)(C)C)o1. The van der Waals surface area contributed by atoms with Crippen molar-refractivity contribution in [3.8, 4) is 0 Å². The van der Waals surface area contributed by atoms with Gasteiger partial charge < -0.3 is 9.73 Å². The van der Waals surface area contributed by atoms with E-state index in [0.29, 0.717) is 0 Å². The Bertz CT molecular complexity index is 489. The molecule has 0 fully saturated rings. The zero-order valence-electron chi connectivity index (χ0n) is 13.4. The van der Waals surface area contributed by atoms with Crippen LogP contribution in [0.2, 0.25) is 0 Å². The summed E-state index contributed by atoms with van der Waals surface area (Å²) in [5.41, 5.74) is -0.129. The van der Waals surface area contributed by atoms with Gasteiger partial charge in [-0.1, -0.05) is 27.7 Å². The van der Waals surface area contributed by atoms with Crippen LogP contribution in [0.5, 0.6) is 0 Å². The lowest BCUT2D eigenvalue weighted by molar-refractivity contribution is -0.119. The van der Waals surface area contributed by atoms with Crippen LogP contribution < -0.4 is 16.0 Å². The van der Waals surface area contributed by atoms with E-state index in [1.807, 2.05) is 19.1 Å². The molecule has 0 saturated carbocycles. The van der Waals surface area contributed by atoms with Crippen molar-refractivity contribution in [3.63, 3.8) is 0 Å². The molecule has 0 aliphatic rings. The van der Waals surface area contributed by atoms with Crippen LogP contribution in [0.3, 0.4) is 0 Å². The van der Waals surface area contributed by atoms with Crippen LogP contribution in [0.4, 0.5) is 4.79 Å². The predicted octanol–water partition coefficient (Wildman–Crippen LogP) is 1.97. The minimum absolute atomic E-state index is 0.0392. The van der Waals surface area contributed by atoms with E-state index in [1.54, 1.807) is 0 Å². The average Bonchev–Trinajstić information content (AvgIpc) is 2.85. The Morgan fingerprint density at radius 1 is 1.29 bits per heavy atom. The molecular formula is C15H25N3O3. The zero-order chi connectivity index (χ0) is 16.0. The van der Waals surface area contributed by atoms with Gasteiger partial charge in [-0.2, -0.15) is 0 Å². The topological polar surface area (TPSA) is 83.4 Å². The van der Waals surface area contributed by atoms with Gasteiger partial charge in [-0.3, -0.25) is 15.4 Å². The smallest absolute Gasteiger partial charge is 0.321 e. The molecule has 0 radical (unpaired) electrons. The van der Waals surface area contributed by atoms with Crippen LogP contribution in [0.1, 0.15) is 45.3 Å². The van der Waals surface area contributed by atoms with Gasteiger partial charge >= 0.3 is 6.03 Å². The van der Waals surface area contributed by atoms with Crippen LogP contribution in [0.25, 0.3) is 0 Å². The highest BCUT2D eigenvalue weighted by molar-refractivity contribution is 5.95. The molecule has 1 atom stereocenters. The Hall–Kier alpha value is -1.82. The van der Waals surface area contributed by atoms with E-state index in [2.05, 4.69) is 36.7 Å². The summed E-state index contributed by atoms with van der Waals surface area (Å²) < 4.78 is 5.78. The van der Waals surface area contributed by atoms with E-state index in [9.17, 15) is 9.59 Å². The van der Waals surface area contributed by atoms with Gasteiger partial charge in [0.1, 0.15) is 11.5 Å². The number of carbonyl (C=O) groups excluding carboxylic acids is 2. The van der Waals surface area contributed by atoms with Crippen LogP contribution in [-0.2, 0) is 11.2 Å². The zero-order valence-corrected chi connectivity index (χ0v) is 13.4. The normalized spacial score (nSPS) is 12.8. The standard InChI is InChI=1S/C15H25N3O3/c1-6-10-7-8-11(21-10)13(15(2,3)4)17-9-12(19)18-14(20)16-5/h7-8,13,17H,6,9H2,1-5H3,(H2,16,18,19,20)/t13-/m1/s1. The first-order chi connectivity index (χ1) is 9.77. The molecule has 118 valence electrons. The molecule has 21 heavy (non-hydrogen) atoms. The van der Waals surface area contributed by atoms with Crippen molar-refractivity contribution in [2.45, 2.75) is 40.2 Å². The molecule has 0 spiro atoms. The Kier molecular flexibility index (Phi) is 5.96. The van der Waals surface area contributed by atoms with E-state index in [-0.39, 0.29) is 23.9 Å². The number of carbonyl (C=O) groups is 2. The fraction of sp³-hybridized carbons (Fsp3) is 0.600. The Morgan fingerprint density at radius 3 is 2.43 bits per heavy atom. The predicted molar refractivity (Wildman–Crippen MR) is 80.9 cm³/mol. The van der Waals surface area contributed by atoms with Crippen LogP contribution in [0.15, 0.2) is 16.5 Å². The number of rotatable bonds is 5. The van der Waals surface area contributed by atoms with Crippen molar-refractivity contribution in [1.82, 2.24) is 16.0 Å². The van der Waals surface area contributed by atoms with E-state index < -0.39 is 6.03 Å². The number of hydrogen-bond acceptors (Lipinski definition) is 4. The minimum Gasteiger partial charge on any atom is -0.464 e. The molecule has 1 aromatic heterocycles. The molecule has 1 aromatic rings. The second-order valence-corrected chi connectivity index (χ2v) is 5.96. The number of furan rings is 1. The van der Waals surface area contributed by atoms with Crippen molar-refractivity contribution in [1.29, 1.82) is 0 Å². The highest BCUT2D eigenvalue weighted by atomic mass is 16.3. The van der Waals surface area contributed by atoms with Crippen molar-refractivity contribution in [2.24, 2.45) is 5.41 Å². The van der Waals surface area contributed by atoms with E-state index in [4.69, 9.17) is 4.42 Å². The van der Waals surface area contributed by atoms with Crippen LogP contribution in [0, 0.1) is 5.41 Å². The first kappa shape index (κ1) is 17.2. The van der Waals surface area contributed by atoms with Gasteiger partial charge in [0.2, 0.25) is 5.91 Å². The summed E-state index contributed by atoms with van der Waals surface area (Å²) >= 11 is 0. The van der Waals surface area contributed by atoms with E-state index in [1.165, 1.54) is 7.05 Å². The lowest BCUT2D eigenvalue weighted by Crippen LogP contribution is -2.44. The summed E-state index contributed by atoms with van der Waals surface area (Å²) in [5, 5.41) is 7.72. The molecule has 1 heterocycles. The lowest BCUT2D eigenvalue weighted by Gasteiger charge is -2.29. The van der Waals surface area contributed by atoms with Crippen LogP contribution in [-0.4, -0.2) is 25.5 Å². The second kappa shape index (κ2) is 7.26. The molecule has 3 N–H and O–H groups in total. The quantitative estimate of drug-likeness (QED) is 0.775. The van der Waals surface area contributed by atoms with Gasteiger partial charge in [0.05, 0.1) is 12.6 Å². The third-order valence-electron chi connectivity index (χ3n) is 3.13. The number of amides is 3. The van der Waals surface area contributed by atoms with Crippen molar-refractivity contribution in [3.05, 3.63) is 23.7 Å². The molecule has 0 aliphatic carbocycles. The van der Waals surface area contributed by atoms with Crippen molar-refractivity contribution in [2.75, 3.05) is 13.6 Å². The second-order valence-electron chi connectivity index (χ2n) is 5.96. The monoisotopic (exact) mass is 295 g/mol. The first-order valence-corrected chi connectivity index (χ1v) is 7.11.